The summed E-state index contributed by atoms with van der Waals surface area (Å²) in [5.74, 6) is -3.58. The van der Waals surface area contributed by atoms with Crippen LogP contribution in [0, 0.1) is 5.92 Å². The number of benzene rings is 3. The third-order valence-electron chi connectivity index (χ3n) is 8.48. The Morgan fingerprint density at radius 1 is 0.923 bits per heavy atom. The summed E-state index contributed by atoms with van der Waals surface area (Å²) in [4.78, 5) is 47.4. The number of alkyl halides is 6. The Kier molecular flexibility index (Phi) is 11.3. The van der Waals surface area contributed by atoms with Crippen molar-refractivity contribution >= 4 is 29.0 Å². The number of rotatable bonds is 11. The second kappa shape index (κ2) is 15.7. The van der Waals surface area contributed by atoms with Gasteiger partial charge >= 0.3 is 18.3 Å². The van der Waals surface area contributed by atoms with Crippen LogP contribution in [-0.2, 0) is 28.7 Å². The summed E-state index contributed by atoms with van der Waals surface area (Å²) in [5.41, 5.74) is 1.71. The number of methoxy groups -OCH3 is 1. The van der Waals surface area contributed by atoms with E-state index >= 15 is 0 Å². The Balaban J connectivity index is 1.21. The second-order valence-electron chi connectivity index (χ2n) is 12.1. The molecule has 272 valence electrons. The molecule has 0 fully saturated rings. The molecule has 2 amide bonds. The van der Waals surface area contributed by atoms with Crippen LogP contribution in [0.1, 0.15) is 51.9 Å². The van der Waals surface area contributed by atoms with Crippen molar-refractivity contribution in [2.45, 2.75) is 44.6 Å². The van der Waals surface area contributed by atoms with E-state index in [2.05, 4.69) is 15.3 Å². The zero-order valence-electron chi connectivity index (χ0n) is 27.6. The van der Waals surface area contributed by atoms with Gasteiger partial charge < -0.3 is 20.1 Å². The van der Waals surface area contributed by atoms with Crippen molar-refractivity contribution in [3.8, 4) is 17.1 Å². The van der Waals surface area contributed by atoms with Crippen LogP contribution in [0.25, 0.3) is 17.0 Å². The van der Waals surface area contributed by atoms with Gasteiger partial charge in [0.05, 0.1) is 25.0 Å². The largest absolute Gasteiger partial charge is 0.497 e. The fourth-order valence-corrected chi connectivity index (χ4v) is 5.74. The molecule has 0 bridgehead atoms. The van der Waals surface area contributed by atoms with Gasteiger partial charge in [-0.05, 0) is 72.4 Å². The average Bonchev–Trinajstić information content (AvgIpc) is 3.11. The fraction of sp³-hybridized carbons (Fsp3) is 0.270. The summed E-state index contributed by atoms with van der Waals surface area (Å²) >= 11 is 0. The molecule has 1 aromatic heterocycles. The topological polar surface area (TPSA) is 122 Å². The van der Waals surface area contributed by atoms with E-state index in [1.54, 1.807) is 42.7 Å². The van der Waals surface area contributed by atoms with Crippen molar-refractivity contribution in [3.63, 3.8) is 0 Å². The van der Waals surface area contributed by atoms with Crippen molar-refractivity contribution in [1.82, 2.24) is 14.9 Å². The molecule has 1 aliphatic carbocycles. The molecule has 1 heterocycles. The number of carbonyl (C=O) groups excluding carboxylic acids is 2. The number of hydrogen-bond acceptors (Lipinski definition) is 6. The first-order valence-corrected chi connectivity index (χ1v) is 15.9. The van der Waals surface area contributed by atoms with E-state index in [0.29, 0.717) is 22.5 Å². The van der Waals surface area contributed by atoms with Crippen LogP contribution in [-0.4, -0.2) is 57.6 Å². The molecule has 15 heteroatoms. The lowest BCUT2D eigenvalue weighted by Gasteiger charge is -2.24. The van der Waals surface area contributed by atoms with Gasteiger partial charge in [0.1, 0.15) is 12.3 Å². The van der Waals surface area contributed by atoms with Gasteiger partial charge in [0.25, 0.3) is 5.91 Å². The van der Waals surface area contributed by atoms with Gasteiger partial charge in [-0.3, -0.25) is 14.4 Å². The van der Waals surface area contributed by atoms with E-state index in [-0.39, 0.29) is 48.4 Å². The van der Waals surface area contributed by atoms with E-state index in [1.807, 2.05) is 0 Å². The van der Waals surface area contributed by atoms with Gasteiger partial charge in [-0.2, -0.15) is 26.3 Å². The molecule has 1 atom stereocenters. The lowest BCUT2D eigenvalue weighted by molar-refractivity contribution is -0.175. The van der Waals surface area contributed by atoms with Gasteiger partial charge in [0, 0.05) is 41.3 Å². The summed E-state index contributed by atoms with van der Waals surface area (Å²) in [7, 11) is 1.23. The highest BCUT2D eigenvalue weighted by Gasteiger charge is 2.40. The minimum absolute atomic E-state index is 0.00605. The third-order valence-corrected chi connectivity index (χ3v) is 8.48. The normalized spacial score (nSPS) is 14.7. The molecule has 1 unspecified atom stereocenters. The highest BCUT2D eigenvalue weighted by Crippen LogP contribution is 2.39. The Hall–Kier alpha value is -5.73. The van der Waals surface area contributed by atoms with Crippen LogP contribution < -0.4 is 10.1 Å². The molecule has 1 aliphatic rings. The van der Waals surface area contributed by atoms with Crippen LogP contribution in [0.4, 0.5) is 32.0 Å². The van der Waals surface area contributed by atoms with Crippen molar-refractivity contribution in [3.05, 3.63) is 113 Å². The van der Waals surface area contributed by atoms with Crippen LogP contribution in [0.15, 0.2) is 85.2 Å². The molecular formula is C37H32F6N4O5. The SMILES string of the molecule is COc1ccc(CC(=O)Nc2ccc(C(=O)N(CC(=O)O)Cc3ccc(-c4ncc(C5=CCC(C(F)(F)F)CC5)cn4)cc3)cc2)c(C(F)(F)F)c1. The number of anilines is 1. The van der Waals surface area contributed by atoms with Gasteiger partial charge in [-0.25, -0.2) is 9.97 Å². The average molecular weight is 727 g/mol. The number of carbonyl (C=O) groups is 3. The predicted molar refractivity (Wildman–Crippen MR) is 178 cm³/mol. The summed E-state index contributed by atoms with van der Waals surface area (Å²) in [5, 5.41) is 12.0. The first-order chi connectivity index (χ1) is 24.6. The van der Waals surface area contributed by atoms with Crippen molar-refractivity contribution in [1.29, 1.82) is 0 Å². The molecule has 9 nitrogen and oxygen atoms in total. The monoisotopic (exact) mass is 726 g/mol. The quantitative estimate of drug-likeness (QED) is 0.151. The number of allylic oxidation sites excluding steroid dienone is 2. The Morgan fingerprint density at radius 3 is 2.15 bits per heavy atom. The summed E-state index contributed by atoms with van der Waals surface area (Å²) in [6.07, 6.45) is -4.61. The fourth-order valence-electron chi connectivity index (χ4n) is 5.74. The van der Waals surface area contributed by atoms with Gasteiger partial charge in [0.15, 0.2) is 5.82 Å². The summed E-state index contributed by atoms with van der Waals surface area (Å²) in [6.45, 7) is -0.688. The third kappa shape index (κ3) is 9.53. The molecule has 0 aliphatic heterocycles. The van der Waals surface area contributed by atoms with Crippen molar-refractivity contribution in [2.75, 3.05) is 19.0 Å². The number of ether oxygens (including phenoxy) is 1. The number of amides is 2. The van der Waals surface area contributed by atoms with Crippen LogP contribution in [0.5, 0.6) is 5.75 Å². The van der Waals surface area contributed by atoms with E-state index in [0.717, 1.165) is 22.6 Å². The molecular weight excluding hydrogens is 694 g/mol. The molecule has 0 saturated heterocycles. The zero-order valence-corrected chi connectivity index (χ0v) is 27.6. The number of halogens is 6. The summed E-state index contributed by atoms with van der Waals surface area (Å²) in [6, 6.07) is 15.5. The first kappa shape index (κ1) is 37.5. The van der Waals surface area contributed by atoms with Gasteiger partial charge in [-0.1, -0.05) is 36.4 Å². The number of aromatic nitrogens is 2. The molecule has 2 N–H and O–H groups in total. The standard InChI is InChI=1S/C37H32F6N4O5/c1-52-30-15-10-26(31(17-30)37(41,42)43)16-32(48)46-29-13-8-25(9-14-29)35(51)47(21-33(49)50)20-22-2-4-24(5-3-22)34-44-18-27(19-45-34)23-6-11-28(12-7-23)36(38,39)40/h2-6,8-10,13-15,17-19,28H,7,11-12,16,20-21H2,1H3,(H,46,48)(H,49,50). The second-order valence-corrected chi connectivity index (χ2v) is 12.1. The molecule has 5 rings (SSSR count). The molecule has 0 spiro atoms. The summed E-state index contributed by atoms with van der Waals surface area (Å²) < 4.78 is 84.5. The van der Waals surface area contributed by atoms with E-state index < -0.39 is 54.6 Å². The minimum Gasteiger partial charge on any atom is -0.497 e. The smallest absolute Gasteiger partial charge is 0.416 e. The minimum atomic E-state index is -4.71. The van der Waals surface area contributed by atoms with E-state index in [4.69, 9.17) is 4.74 Å². The number of nitrogens with one attached hydrogen (secondary N) is 1. The maximum atomic E-state index is 13.5. The van der Waals surface area contributed by atoms with Gasteiger partial charge in [0.2, 0.25) is 5.91 Å². The molecule has 4 aromatic rings. The molecule has 0 saturated carbocycles. The predicted octanol–water partition coefficient (Wildman–Crippen LogP) is 7.83. The van der Waals surface area contributed by atoms with E-state index in [9.17, 15) is 45.8 Å². The maximum absolute atomic E-state index is 13.5. The van der Waals surface area contributed by atoms with E-state index in [1.165, 1.54) is 37.4 Å². The maximum Gasteiger partial charge on any atom is 0.416 e. The molecule has 3 aromatic carbocycles. The van der Waals surface area contributed by atoms with Crippen LogP contribution in [0.2, 0.25) is 0 Å². The van der Waals surface area contributed by atoms with Crippen molar-refractivity contribution < 1.29 is 50.6 Å². The highest BCUT2D eigenvalue weighted by molar-refractivity contribution is 5.97. The number of hydrogen-bond donors (Lipinski definition) is 2. The van der Waals surface area contributed by atoms with Crippen LogP contribution >= 0.6 is 0 Å². The number of aliphatic carboxylic acids is 1. The molecule has 0 radical (unpaired) electrons. The van der Waals surface area contributed by atoms with Crippen LogP contribution in [0.3, 0.4) is 0 Å². The van der Waals surface area contributed by atoms with Crippen molar-refractivity contribution in [2.24, 2.45) is 5.92 Å². The molecule has 52 heavy (non-hydrogen) atoms. The van der Waals surface area contributed by atoms with Gasteiger partial charge in [-0.15, -0.1) is 0 Å². The number of nitrogens with zero attached hydrogens (tertiary/aromatic N) is 3. The highest BCUT2D eigenvalue weighted by atomic mass is 19.4. The Labute approximate surface area is 294 Å². The first-order valence-electron chi connectivity index (χ1n) is 15.9. The Bertz CT molecular complexity index is 1940. The zero-order chi connectivity index (χ0) is 37.6. The lowest BCUT2D eigenvalue weighted by Crippen LogP contribution is -2.35. The Morgan fingerprint density at radius 2 is 1.60 bits per heavy atom. The number of carboxylic acid groups (broad SMARTS) is 1. The lowest BCUT2D eigenvalue weighted by atomic mass is 9.87. The number of carboxylic acids is 1.